The van der Waals surface area contributed by atoms with Gasteiger partial charge in [-0.1, -0.05) is 31.2 Å². The molecule has 2 atom stereocenters. The molecule has 0 saturated carbocycles. The van der Waals surface area contributed by atoms with Crippen LogP contribution in [-0.2, 0) is 32.1 Å². The number of carbonyl (C=O) groups excluding carboxylic acids is 2. The monoisotopic (exact) mass is 322 g/mol. The van der Waals surface area contributed by atoms with E-state index in [2.05, 4.69) is 0 Å². The summed E-state index contributed by atoms with van der Waals surface area (Å²) in [5.41, 5.74) is 1.63. The average molecular weight is 322 g/mol. The first-order valence-electron chi connectivity index (χ1n) is 8.04. The lowest BCUT2D eigenvalue weighted by Gasteiger charge is -2.19. The number of hydrogen-bond acceptors (Lipinski definition) is 5. The Bertz CT molecular complexity index is 495. The van der Waals surface area contributed by atoms with Gasteiger partial charge in [0.1, 0.15) is 0 Å². The van der Waals surface area contributed by atoms with Gasteiger partial charge in [-0.25, -0.2) is 0 Å². The molecule has 0 radical (unpaired) electrons. The average Bonchev–Trinajstić information content (AvgIpc) is 2.53. The van der Waals surface area contributed by atoms with Gasteiger partial charge in [-0.05, 0) is 37.8 Å². The van der Waals surface area contributed by atoms with E-state index in [1.165, 1.54) is 0 Å². The molecule has 1 N–H and O–H groups in total. The zero-order valence-electron chi connectivity index (χ0n) is 14.1. The fourth-order valence-corrected chi connectivity index (χ4v) is 2.33. The molecule has 5 nitrogen and oxygen atoms in total. The van der Waals surface area contributed by atoms with Crippen LogP contribution in [0.5, 0.6) is 0 Å². The van der Waals surface area contributed by atoms with Gasteiger partial charge in [0.2, 0.25) is 0 Å². The Balaban J connectivity index is 2.47. The van der Waals surface area contributed by atoms with Crippen molar-refractivity contribution in [1.29, 1.82) is 0 Å². The van der Waals surface area contributed by atoms with Crippen LogP contribution in [0.3, 0.4) is 0 Å². The molecule has 0 heterocycles. The van der Waals surface area contributed by atoms with E-state index >= 15 is 0 Å². The number of hydrogen-bond donors (Lipinski definition) is 1. The van der Waals surface area contributed by atoms with Crippen molar-refractivity contribution in [2.75, 3.05) is 6.61 Å². The van der Waals surface area contributed by atoms with Crippen molar-refractivity contribution >= 4 is 11.9 Å². The van der Waals surface area contributed by atoms with Crippen LogP contribution >= 0.6 is 0 Å². The molecule has 1 aromatic rings. The van der Waals surface area contributed by atoms with E-state index < -0.39 is 0 Å². The summed E-state index contributed by atoms with van der Waals surface area (Å²) in [6.45, 7) is 5.81. The lowest BCUT2D eigenvalue weighted by atomic mass is 9.99. The Morgan fingerprint density at radius 1 is 1.13 bits per heavy atom. The molecule has 2 unspecified atom stereocenters. The summed E-state index contributed by atoms with van der Waals surface area (Å²) in [5.74, 6) is -0.813. The van der Waals surface area contributed by atoms with Crippen LogP contribution in [0.15, 0.2) is 24.3 Å². The highest BCUT2D eigenvalue weighted by molar-refractivity contribution is 5.73. The van der Waals surface area contributed by atoms with Gasteiger partial charge in [-0.2, -0.15) is 0 Å². The molecule has 1 aromatic carbocycles. The maximum atomic E-state index is 12.0. The maximum absolute atomic E-state index is 12.0. The predicted molar refractivity (Wildman–Crippen MR) is 86.7 cm³/mol. The molecule has 0 bridgehead atoms. The molecule has 0 fully saturated rings. The normalized spacial score (nSPS) is 13.2. The Morgan fingerprint density at radius 3 is 2.26 bits per heavy atom. The minimum Gasteiger partial charge on any atom is -0.466 e. The van der Waals surface area contributed by atoms with Gasteiger partial charge >= 0.3 is 11.9 Å². The van der Waals surface area contributed by atoms with Gasteiger partial charge in [0, 0.05) is 0 Å². The van der Waals surface area contributed by atoms with Crippen molar-refractivity contribution in [3.63, 3.8) is 0 Å². The van der Waals surface area contributed by atoms with Crippen LogP contribution in [0.2, 0.25) is 0 Å². The molecule has 1 rings (SSSR count). The lowest BCUT2D eigenvalue weighted by molar-refractivity contribution is -0.154. The summed E-state index contributed by atoms with van der Waals surface area (Å²) in [6.07, 6.45) is 0.952. The quantitative estimate of drug-likeness (QED) is 0.708. The number of aliphatic hydroxyl groups is 1. The van der Waals surface area contributed by atoms with Gasteiger partial charge < -0.3 is 14.6 Å². The van der Waals surface area contributed by atoms with Gasteiger partial charge in [-0.3, -0.25) is 9.59 Å². The zero-order valence-corrected chi connectivity index (χ0v) is 14.1. The highest BCUT2D eigenvalue weighted by Crippen LogP contribution is 2.16. The van der Waals surface area contributed by atoms with E-state index in [0.717, 1.165) is 11.1 Å². The van der Waals surface area contributed by atoms with Crippen molar-refractivity contribution in [2.45, 2.75) is 52.7 Å². The van der Waals surface area contributed by atoms with E-state index in [0.29, 0.717) is 19.4 Å². The van der Waals surface area contributed by atoms with E-state index in [1.54, 1.807) is 38.1 Å². The number of esters is 2. The van der Waals surface area contributed by atoms with E-state index in [9.17, 15) is 9.59 Å². The predicted octanol–water partition coefficient (Wildman–Crippen LogP) is 2.63. The summed E-state index contributed by atoms with van der Waals surface area (Å²) in [6, 6.07) is 7.15. The third kappa shape index (κ3) is 6.82. The second-order valence-electron chi connectivity index (χ2n) is 5.54. The Labute approximate surface area is 137 Å². The Morgan fingerprint density at radius 2 is 1.74 bits per heavy atom. The molecule has 0 saturated heterocycles. The second kappa shape index (κ2) is 10.0. The molecule has 0 spiro atoms. The third-order valence-electron chi connectivity index (χ3n) is 3.62. The van der Waals surface area contributed by atoms with Crippen LogP contribution in [0.25, 0.3) is 0 Å². The van der Waals surface area contributed by atoms with Crippen molar-refractivity contribution in [3.8, 4) is 0 Å². The molecule has 0 aliphatic carbocycles. The summed E-state index contributed by atoms with van der Waals surface area (Å²) in [5, 5.41) is 8.99. The van der Waals surface area contributed by atoms with Crippen LogP contribution in [0, 0.1) is 5.92 Å². The Kier molecular flexibility index (Phi) is 8.33. The van der Waals surface area contributed by atoms with Crippen LogP contribution in [-0.4, -0.2) is 29.8 Å². The van der Waals surface area contributed by atoms with Crippen LogP contribution in [0.1, 0.15) is 44.7 Å². The fourth-order valence-electron chi connectivity index (χ4n) is 2.33. The first-order chi connectivity index (χ1) is 11.0. The summed E-state index contributed by atoms with van der Waals surface area (Å²) >= 11 is 0. The number of carbonyl (C=O) groups is 2. The molecule has 0 aromatic heterocycles. The van der Waals surface area contributed by atoms with E-state index in [1.807, 2.05) is 6.92 Å². The molecule has 0 amide bonds. The van der Waals surface area contributed by atoms with Crippen molar-refractivity contribution in [1.82, 2.24) is 0 Å². The largest absolute Gasteiger partial charge is 0.466 e. The molecule has 23 heavy (non-hydrogen) atoms. The zero-order chi connectivity index (χ0) is 17.2. The second-order valence-corrected chi connectivity index (χ2v) is 5.54. The summed E-state index contributed by atoms with van der Waals surface area (Å²) in [7, 11) is 0. The topological polar surface area (TPSA) is 72.8 Å². The molecule has 0 aliphatic rings. The van der Waals surface area contributed by atoms with Gasteiger partial charge in [-0.15, -0.1) is 0 Å². The Hall–Kier alpha value is -1.88. The molecular formula is C18H26O5. The highest BCUT2D eigenvalue weighted by Gasteiger charge is 2.22. The molecule has 128 valence electrons. The van der Waals surface area contributed by atoms with Crippen molar-refractivity contribution < 1.29 is 24.2 Å². The maximum Gasteiger partial charge on any atom is 0.310 e. The lowest BCUT2D eigenvalue weighted by Crippen LogP contribution is -2.25. The smallest absolute Gasteiger partial charge is 0.310 e. The summed E-state index contributed by atoms with van der Waals surface area (Å²) < 4.78 is 10.4. The van der Waals surface area contributed by atoms with Gasteiger partial charge in [0.15, 0.2) is 0 Å². The third-order valence-corrected chi connectivity index (χ3v) is 3.62. The van der Waals surface area contributed by atoms with Crippen molar-refractivity contribution in [3.05, 3.63) is 35.4 Å². The van der Waals surface area contributed by atoms with Crippen molar-refractivity contribution in [2.24, 2.45) is 5.92 Å². The SMILES string of the molecule is CCOC(=O)C(CC)CC(C)OC(=O)Cc1ccc(CO)cc1. The standard InChI is InChI=1S/C18H26O5/c1-4-16(18(21)22-5-2)10-13(3)23-17(20)11-14-6-8-15(12-19)9-7-14/h6-9,13,16,19H,4-5,10-12H2,1-3H3. The van der Waals surface area contributed by atoms with E-state index in [4.69, 9.17) is 14.6 Å². The van der Waals surface area contributed by atoms with Gasteiger partial charge in [0.25, 0.3) is 0 Å². The number of rotatable bonds is 9. The number of ether oxygens (including phenoxy) is 2. The fraction of sp³-hybridized carbons (Fsp3) is 0.556. The summed E-state index contributed by atoms with van der Waals surface area (Å²) in [4.78, 5) is 23.7. The number of benzene rings is 1. The van der Waals surface area contributed by atoms with Gasteiger partial charge in [0.05, 0.1) is 31.7 Å². The minimum atomic E-state index is -0.339. The van der Waals surface area contributed by atoms with E-state index in [-0.39, 0.29) is 37.0 Å². The van der Waals surface area contributed by atoms with Crippen LogP contribution < -0.4 is 0 Å². The molecule has 5 heteroatoms. The minimum absolute atomic E-state index is 0.0198. The van der Waals surface area contributed by atoms with Crippen LogP contribution in [0.4, 0.5) is 0 Å². The number of aliphatic hydroxyl groups excluding tert-OH is 1. The first-order valence-corrected chi connectivity index (χ1v) is 8.04. The first kappa shape index (κ1) is 19.2. The molecule has 0 aliphatic heterocycles. The highest BCUT2D eigenvalue weighted by atomic mass is 16.5. The molecular weight excluding hydrogens is 296 g/mol.